The highest BCUT2D eigenvalue weighted by Gasteiger charge is 2.12. The maximum absolute atomic E-state index is 13.5. The number of furan rings is 1. The van der Waals surface area contributed by atoms with E-state index in [1.807, 2.05) is 0 Å². The van der Waals surface area contributed by atoms with E-state index in [9.17, 15) is 9.18 Å². The summed E-state index contributed by atoms with van der Waals surface area (Å²) in [4.78, 5) is 10.4. The molecule has 0 amide bonds. The third kappa shape index (κ3) is 1.16. The van der Waals surface area contributed by atoms with Crippen LogP contribution < -0.4 is 4.74 Å². The molecule has 72 valence electrons. The number of halogens is 1. The molecule has 2 aromatic rings. The van der Waals surface area contributed by atoms with Crippen molar-refractivity contribution in [2.24, 2.45) is 0 Å². The van der Waals surface area contributed by atoms with Crippen molar-refractivity contribution < 1.29 is 18.3 Å². The van der Waals surface area contributed by atoms with Gasteiger partial charge in [0.1, 0.15) is 0 Å². The third-order valence-electron chi connectivity index (χ3n) is 1.95. The molecular weight excluding hydrogens is 187 g/mol. The summed E-state index contributed by atoms with van der Waals surface area (Å²) in [6, 6.07) is 4.60. The lowest BCUT2D eigenvalue weighted by Gasteiger charge is -1.99. The SMILES string of the molecule is COc1ccc2cc(C=O)oc2c1F. The Hall–Kier alpha value is -1.84. The van der Waals surface area contributed by atoms with Crippen molar-refractivity contribution in [3.8, 4) is 5.75 Å². The first-order valence-electron chi connectivity index (χ1n) is 3.97. The van der Waals surface area contributed by atoms with Crippen LogP contribution in [-0.4, -0.2) is 13.4 Å². The van der Waals surface area contributed by atoms with Gasteiger partial charge in [0.2, 0.25) is 5.82 Å². The molecule has 14 heavy (non-hydrogen) atoms. The normalized spacial score (nSPS) is 10.4. The Labute approximate surface area is 79.1 Å². The predicted octanol–water partition coefficient (Wildman–Crippen LogP) is 2.39. The molecule has 2 rings (SSSR count). The monoisotopic (exact) mass is 194 g/mol. The second kappa shape index (κ2) is 3.14. The Balaban J connectivity index is 2.74. The van der Waals surface area contributed by atoms with E-state index in [4.69, 9.17) is 9.15 Å². The van der Waals surface area contributed by atoms with Crippen LogP contribution in [0.1, 0.15) is 10.6 Å². The van der Waals surface area contributed by atoms with Gasteiger partial charge in [0.05, 0.1) is 7.11 Å². The Morgan fingerprint density at radius 2 is 2.29 bits per heavy atom. The van der Waals surface area contributed by atoms with E-state index in [-0.39, 0.29) is 17.1 Å². The van der Waals surface area contributed by atoms with Crippen molar-refractivity contribution in [2.75, 3.05) is 7.11 Å². The first-order valence-corrected chi connectivity index (χ1v) is 3.97. The number of rotatable bonds is 2. The van der Waals surface area contributed by atoms with Crippen LogP contribution in [0.5, 0.6) is 5.75 Å². The fraction of sp³-hybridized carbons (Fsp3) is 0.100. The molecule has 3 nitrogen and oxygen atoms in total. The molecule has 0 unspecified atom stereocenters. The minimum atomic E-state index is -0.585. The van der Waals surface area contributed by atoms with Crippen molar-refractivity contribution >= 4 is 17.3 Å². The summed E-state index contributed by atoms with van der Waals surface area (Å²) in [6.07, 6.45) is 0.534. The molecule has 0 saturated heterocycles. The number of benzene rings is 1. The lowest BCUT2D eigenvalue weighted by Crippen LogP contribution is -1.86. The van der Waals surface area contributed by atoms with E-state index >= 15 is 0 Å². The summed E-state index contributed by atoms with van der Waals surface area (Å²) >= 11 is 0. The fourth-order valence-electron chi connectivity index (χ4n) is 1.29. The van der Waals surface area contributed by atoms with Crippen LogP contribution in [0.3, 0.4) is 0 Å². The Morgan fingerprint density at radius 1 is 1.50 bits per heavy atom. The van der Waals surface area contributed by atoms with E-state index in [0.29, 0.717) is 11.7 Å². The lowest BCUT2D eigenvalue weighted by molar-refractivity contribution is 0.110. The van der Waals surface area contributed by atoms with Crippen LogP contribution in [0.25, 0.3) is 11.0 Å². The first-order chi connectivity index (χ1) is 6.76. The second-order valence-corrected chi connectivity index (χ2v) is 2.77. The highest BCUT2D eigenvalue weighted by Crippen LogP contribution is 2.28. The average Bonchev–Trinajstić information content (AvgIpc) is 2.62. The van der Waals surface area contributed by atoms with Crippen LogP contribution >= 0.6 is 0 Å². The smallest absolute Gasteiger partial charge is 0.208 e. The minimum absolute atomic E-state index is 0.0476. The summed E-state index contributed by atoms with van der Waals surface area (Å²) in [6.45, 7) is 0. The average molecular weight is 194 g/mol. The van der Waals surface area contributed by atoms with Gasteiger partial charge in [-0.05, 0) is 18.2 Å². The molecule has 0 bridgehead atoms. The van der Waals surface area contributed by atoms with Crippen molar-refractivity contribution in [3.05, 3.63) is 29.8 Å². The molecule has 0 aliphatic carbocycles. The predicted molar refractivity (Wildman–Crippen MR) is 48.1 cm³/mol. The lowest BCUT2D eigenvalue weighted by atomic mass is 10.2. The van der Waals surface area contributed by atoms with Gasteiger partial charge in [0.25, 0.3) is 0 Å². The first kappa shape index (κ1) is 8.74. The van der Waals surface area contributed by atoms with Crippen LogP contribution in [0.15, 0.2) is 22.6 Å². The minimum Gasteiger partial charge on any atom is -0.494 e. The highest BCUT2D eigenvalue weighted by molar-refractivity contribution is 5.86. The van der Waals surface area contributed by atoms with Crippen LogP contribution in [0.2, 0.25) is 0 Å². The number of carbonyl (C=O) groups is 1. The summed E-state index contributed by atoms with van der Waals surface area (Å²) in [5.74, 6) is -0.380. The summed E-state index contributed by atoms with van der Waals surface area (Å²) in [7, 11) is 1.37. The molecule has 0 radical (unpaired) electrons. The van der Waals surface area contributed by atoms with E-state index in [1.165, 1.54) is 19.2 Å². The molecule has 1 aromatic heterocycles. The molecule has 0 aliphatic rings. The number of hydrogen-bond donors (Lipinski definition) is 0. The molecule has 4 heteroatoms. The Kier molecular flexibility index (Phi) is 1.96. The van der Waals surface area contributed by atoms with E-state index in [1.54, 1.807) is 6.07 Å². The van der Waals surface area contributed by atoms with Crippen molar-refractivity contribution in [1.29, 1.82) is 0 Å². The molecule has 0 aliphatic heterocycles. The number of methoxy groups -OCH3 is 1. The second-order valence-electron chi connectivity index (χ2n) is 2.77. The molecule has 0 atom stereocenters. The topological polar surface area (TPSA) is 39.4 Å². The number of fused-ring (bicyclic) bond motifs is 1. The maximum atomic E-state index is 13.5. The fourth-order valence-corrected chi connectivity index (χ4v) is 1.29. The van der Waals surface area contributed by atoms with Crippen LogP contribution in [-0.2, 0) is 0 Å². The largest absolute Gasteiger partial charge is 0.494 e. The van der Waals surface area contributed by atoms with E-state index in [2.05, 4.69) is 0 Å². The van der Waals surface area contributed by atoms with E-state index < -0.39 is 5.82 Å². The number of aldehydes is 1. The van der Waals surface area contributed by atoms with Crippen molar-refractivity contribution in [2.45, 2.75) is 0 Å². The molecule has 1 aromatic carbocycles. The number of carbonyl (C=O) groups excluding carboxylic acids is 1. The number of ether oxygens (including phenoxy) is 1. The Bertz CT molecular complexity index is 487. The molecular formula is C10H7FO3. The molecule has 0 saturated carbocycles. The van der Waals surface area contributed by atoms with Crippen molar-refractivity contribution in [3.63, 3.8) is 0 Å². The van der Waals surface area contributed by atoms with Gasteiger partial charge < -0.3 is 9.15 Å². The van der Waals surface area contributed by atoms with Crippen LogP contribution in [0, 0.1) is 5.82 Å². The maximum Gasteiger partial charge on any atom is 0.208 e. The quantitative estimate of drug-likeness (QED) is 0.689. The molecule has 1 heterocycles. The van der Waals surface area contributed by atoms with Gasteiger partial charge in [0.15, 0.2) is 23.4 Å². The summed E-state index contributed by atoms with van der Waals surface area (Å²) < 4.78 is 23.2. The van der Waals surface area contributed by atoms with Gasteiger partial charge in [-0.1, -0.05) is 0 Å². The zero-order chi connectivity index (χ0) is 10.1. The molecule has 0 N–H and O–H groups in total. The van der Waals surface area contributed by atoms with Crippen LogP contribution in [0.4, 0.5) is 4.39 Å². The van der Waals surface area contributed by atoms with Gasteiger partial charge in [0, 0.05) is 5.39 Å². The highest BCUT2D eigenvalue weighted by atomic mass is 19.1. The standard InChI is InChI=1S/C10H7FO3/c1-13-8-3-2-6-4-7(5-12)14-10(6)9(8)11/h2-5H,1H3. The summed E-state index contributed by atoms with van der Waals surface area (Å²) in [5, 5.41) is 0.547. The molecule has 0 spiro atoms. The van der Waals surface area contributed by atoms with Gasteiger partial charge in [-0.3, -0.25) is 4.79 Å². The zero-order valence-electron chi connectivity index (χ0n) is 7.41. The number of hydrogen-bond acceptors (Lipinski definition) is 3. The third-order valence-corrected chi connectivity index (χ3v) is 1.95. The summed E-state index contributed by atoms with van der Waals surface area (Å²) in [5.41, 5.74) is 0.0476. The molecule has 0 fully saturated rings. The zero-order valence-corrected chi connectivity index (χ0v) is 7.41. The van der Waals surface area contributed by atoms with E-state index in [0.717, 1.165) is 0 Å². The van der Waals surface area contributed by atoms with Gasteiger partial charge in [-0.15, -0.1) is 0 Å². The van der Waals surface area contributed by atoms with Crippen molar-refractivity contribution in [1.82, 2.24) is 0 Å². The van der Waals surface area contributed by atoms with Gasteiger partial charge in [-0.2, -0.15) is 4.39 Å². The van der Waals surface area contributed by atoms with Gasteiger partial charge >= 0.3 is 0 Å². The van der Waals surface area contributed by atoms with Gasteiger partial charge in [-0.25, -0.2) is 0 Å². The Morgan fingerprint density at radius 3 is 2.93 bits per heavy atom.